The molecule has 10 atom stereocenters. The molecule has 0 saturated heterocycles. The largest absolute Gasteiger partial charge is 0.513 e. The number of aliphatic hydroxyl groups excluding tert-OH is 3. The molecule has 0 amide bonds. The molecule has 4 fully saturated rings. The molecule has 0 heterocycles. The summed E-state index contributed by atoms with van der Waals surface area (Å²) in [5.41, 5.74) is 0.470. The highest BCUT2D eigenvalue weighted by Crippen LogP contribution is 2.71. The van der Waals surface area contributed by atoms with Gasteiger partial charge in [-0.1, -0.05) is 34.3 Å². The van der Waals surface area contributed by atoms with Crippen LogP contribution in [-0.2, 0) is 0 Å². The van der Waals surface area contributed by atoms with Crippen LogP contribution >= 0.6 is 0 Å². The van der Waals surface area contributed by atoms with Gasteiger partial charge < -0.3 is 15.3 Å². The number of allylic oxidation sites excluding steroid dienone is 1. The van der Waals surface area contributed by atoms with Crippen LogP contribution in [0.5, 0.6) is 0 Å². The predicted molar refractivity (Wildman–Crippen MR) is 117 cm³/mol. The molecule has 4 saturated carbocycles. The maximum atomic E-state index is 11.6. The zero-order chi connectivity index (χ0) is 21.2. The van der Waals surface area contributed by atoms with Crippen molar-refractivity contribution in [3.8, 4) is 0 Å². The van der Waals surface area contributed by atoms with Crippen molar-refractivity contribution in [2.24, 2.45) is 45.8 Å². The molecule has 4 rings (SSSR count). The molecule has 3 heteroatoms. The smallest absolute Gasteiger partial charge is 0.0851 e. The number of aliphatic hydroxyl groups is 3. The van der Waals surface area contributed by atoms with Crippen molar-refractivity contribution >= 4 is 0 Å². The zero-order valence-corrected chi connectivity index (χ0v) is 19.2. The van der Waals surface area contributed by atoms with Crippen molar-refractivity contribution in [3.05, 3.63) is 12.3 Å². The van der Waals surface area contributed by atoms with Gasteiger partial charge in [-0.2, -0.15) is 0 Å². The first-order chi connectivity index (χ1) is 13.5. The summed E-state index contributed by atoms with van der Waals surface area (Å²) >= 11 is 0. The van der Waals surface area contributed by atoms with Crippen molar-refractivity contribution in [1.29, 1.82) is 0 Å². The average Bonchev–Trinajstić information content (AvgIpc) is 3.01. The minimum absolute atomic E-state index is 0.00958. The summed E-state index contributed by atoms with van der Waals surface area (Å²) in [5, 5.41) is 31.5. The number of rotatable bonds is 4. The fourth-order valence-electron chi connectivity index (χ4n) is 9.13. The summed E-state index contributed by atoms with van der Waals surface area (Å²) in [5.74, 6) is 3.27. The van der Waals surface area contributed by atoms with Crippen LogP contribution in [0.25, 0.3) is 0 Å². The minimum atomic E-state index is -0.230. The molecular formula is C26H44O3. The van der Waals surface area contributed by atoms with E-state index in [1.165, 1.54) is 25.7 Å². The quantitative estimate of drug-likeness (QED) is 0.515. The lowest BCUT2D eigenvalue weighted by atomic mass is 9.39. The summed E-state index contributed by atoms with van der Waals surface area (Å²) in [6.45, 7) is 13.3. The third kappa shape index (κ3) is 3.13. The van der Waals surface area contributed by atoms with E-state index >= 15 is 0 Å². The Hall–Kier alpha value is -0.540. The van der Waals surface area contributed by atoms with Gasteiger partial charge in [0.2, 0.25) is 0 Å². The highest BCUT2D eigenvalue weighted by atomic mass is 16.3. The highest BCUT2D eigenvalue weighted by molar-refractivity contribution is 5.15. The second-order valence-corrected chi connectivity index (χ2v) is 12.2. The lowest BCUT2D eigenvalue weighted by molar-refractivity contribution is -0.201. The molecule has 3 unspecified atom stereocenters. The topological polar surface area (TPSA) is 60.7 Å². The highest BCUT2D eigenvalue weighted by Gasteiger charge is 2.66. The maximum Gasteiger partial charge on any atom is 0.0851 e. The number of fused-ring (bicyclic) bond motifs is 5. The van der Waals surface area contributed by atoms with Gasteiger partial charge in [-0.05, 0) is 104 Å². The lowest BCUT2D eigenvalue weighted by Gasteiger charge is -2.66. The molecular weight excluding hydrogens is 360 g/mol. The Kier molecular flexibility index (Phi) is 5.43. The zero-order valence-electron chi connectivity index (χ0n) is 19.2. The molecule has 166 valence electrons. The summed E-state index contributed by atoms with van der Waals surface area (Å²) in [4.78, 5) is 0. The molecule has 4 aliphatic carbocycles. The molecule has 3 nitrogen and oxygen atoms in total. The van der Waals surface area contributed by atoms with Crippen LogP contribution in [0.2, 0.25) is 0 Å². The van der Waals surface area contributed by atoms with Gasteiger partial charge in [0.1, 0.15) is 0 Å². The van der Waals surface area contributed by atoms with Crippen LogP contribution in [0.3, 0.4) is 0 Å². The molecule has 0 radical (unpaired) electrons. The van der Waals surface area contributed by atoms with E-state index in [0.29, 0.717) is 35.9 Å². The van der Waals surface area contributed by atoms with Gasteiger partial charge >= 0.3 is 0 Å². The van der Waals surface area contributed by atoms with E-state index in [0.717, 1.165) is 38.0 Å². The fraction of sp³-hybridized carbons (Fsp3) is 0.923. The van der Waals surface area contributed by atoms with Gasteiger partial charge in [0.05, 0.1) is 18.0 Å². The Morgan fingerprint density at radius 1 is 1.03 bits per heavy atom. The summed E-state index contributed by atoms with van der Waals surface area (Å²) < 4.78 is 0. The van der Waals surface area contributed by atoms with E-state index in [9.17, 15) is 15.3 Å². The Labute approximate surface area is 178 Å². The first-order valence-electron chi connectivity index (χ1n) is 12.3. The summed E-state index contributed by atoms with van der Waals surface area (Å²) in [6, 6.07) is 0. The molecule has 0 bridgehead atoms. The second-order valence-electron chi connectivity index (χ2n) is 12.2. The van der Waals surface area contributed by atoms with Gasteiger partial charge in [0, 0.05) is 6.42 Å². The van der Waals surface area contributed by atoms with Crippen molar-refractivity contribution in [3.63, 3.8) is 0 Å². The monoisotopic (exact) mass is 404 g/mol. The van der Waals surface area contributed by atoms with E-state index in [1.54, 1.807) is 0 Å². The van der Waals surface area contributed by atoms with Crippen molar-refractivity contribution in [2.45, 2.75) is 104 Å². The standard InChI is InChI=1S/C26H44O3/c1-16(6-7-17(2)27)20-8-9-21-19-11-12-24(3)15-18(28)10-13-25(24,4)22(19)14-23(29)26(20,21)5/h16,18-23,27-29H,2,6-15H2,1,3-5H3/t16-,18-,19?,20-,21?,22?,23+,24-,25-,26-/m1/s1. The van der Waals surface area contributed by atoms with Gasteiger partial charge in [-0.3, -0.25) is 0 Å². The molecule has 0 aliphatic heterocycles. The van der Waals surface area contributed by atoms with Crippen LogP contribution in [0, 0.1) is 45.8 Å². The van der Waals surface area contributed by atoms with Gasteiger partial charge in [-0.25, -0.2) is 0 Å². The molecule has 0 aromatic carbocycles. The Balaban J connectivity index is 1.59. The summed E-state index contributed by atoms with van der Waals surface area (Å²) in [6.07, 6.45) is 10.2. The van der Waals surface area contributed by atoms with Crippen molar-refractivity contribution in [2.75, 3.05) is 0 Å². The molecule has 0 aromatic heterocycles. The lowest BCUT2D eigenvalue weighted by Crippen LogP contribution is -2.61. The Bertz CT molecular complexity index is 646. The predicted octanol–water partition coefficient (Wildman–Crippen LogP) is 5.86. The van der Waals surface area contributed by atoms with Gasteiger partial charge in [0.15, 0.2) is 0 Å². The van der Waals surface area contributed by atoms with Crippen LogP contribution in [-0.4, -0.2) is 27.5 Å². The summed E-state index contributed by atoms with van der Waals surface area (Å²) in [7, 11) is 0. The average molecular weight is 405 g/mol. The Morgan fingerprint density at radius 3 is 2.45 bits per heavy atom. The first-order valence-corrected chi connectivity index (χ1v) is 12.3. The molecule has 4 aliphatic rings. The van der Waals surface area contributed by atoms with Gasteiger partial charge in [-0.15, -0.1) is 0 Å². The fourth-order valence-corrected chi connectivity index (χ4v) is 9.13. The van der Waals surface area contributed by atoms with E-state index in [2.05, 4.69) is 34.3 Å². The molecule has 0 spiro atoms. The third-order valence-electron chi connectivity index (χ3n) is 11.1. The van der Waals surface area contributed by atoms with Gasteiger partial charge in [0.25, 0.3) is 0 Å². The van der Waals surface area contributed by atoms with Crippen molar-refractivity contribution in [1.82, 2.24) is 0 Å². The number of hydrogen-bond donors (Lipinski definition) is 3. The second kappa shape index (κ2) is 7.26. The maximum absolute atomic E-state index is 11.6. The third-order valence-corrected chi connectivity index (χ3v) is 11.1. The Morgan fingerprint density at radius 2 is 1.76 bits per heavy atom. The SMILES string of the molecule is C=C(O)CC[C@@H](C)[C@H]1CCC2C3CC[C@]4(C)C[C@H](O)CC[C@]4(C)C3C[C@H](O)[C@@]21C. The van der Waals surface area contributed by atoms with E-state index in [4.69, 9.17) is 0 Å². The van der Waals surface area contributed by atoms with E-state index < -0.39 is 0 Å². The molecule has 3 N–H and O–H groups in total. The number of hydrogen-bond acceptors (Lipinski definition) is 3. The van der Waals surface area contributed by atoms with Crippen LogP contribution in [0.15, 0.2) is 12.3 Å². The molecule has 0 aromatic rings. The minimum Gasteiger partial charge on any atom is -0.513 e. The normalized spacial score (nSPS) is 52.9. The van der Waals surface area contributed by atoms with Crippen LogP contribution in [0.4, 0.5) is 0 Å². The van der Waals surface area contributed by atoms with E-state index in [-0.39, 0.29) is 28.5 Å². The van der Waals surface area contributed by atoms with Crippen LogP contribution < -0.4 is 0 Å². The van der Waals surface area contributed by atoms with Crippen molar-refractivity contribution < 1.29 is 15.3 Å². The first kappa shape index (κ1) is 21.7. The van der Waals surface area contributed by atoms with E-state index in [1.807, 2.05) is 0 Å². The van der Waals surface area contributed by atoms with Crippen LogP contribution in [0.1, 0.15) is 91.9 Å². The molecule has 29 heavy (non-hydrogen) atoms.